The van der Waals surface area contributed by atoms with Crippen LogP contribution in [0.3, 0.4) is 0 Å². The highest BCUT2D eigenvalue weighted by Crippen LogP contribution is 2.31. The fraction of sp³-hybridized carbons (Fsp3) is 0.300. The fourth-order valence-corrected chi connectivity index (χ4v) is 2.07. The standard InChI is InChI=1S/C10H9N3O4S/c1-2-8(10(14)15)18-9-7(13(16)17)3-6(4-11)5-12-9/h3,5,8H,2H2,1H3,(H,14,15). The molecule has 0 aliphatic carbocycles. The van der Waals surface area contributed by atoms with Gasteiger partial charge in [-0.15, -0.1) is 0 Å². The van der Waals surface area contributed by atoms with E-state index in [1.165, 1.54) is 6.20 Å². The van der Waals surface area contributed by atoms with Gasteiger partial charge >= 0.3 is 11.7 Å². The van der Waals surface area contributed by atoms with Crippen molar-refractivity contribution in [1.82, 2.24) is 4.98 Å². The number of aromatic nitrogens is 1. The van der Waals surface area contributed by atoms with Crippen LogP contribution in [0.1, 0.15) is 18.9 Å². The molecular formula is C10H9N3O4S. The molecule has 1 atom stereocenters. The van der Waals surface area contributed by atoms with Crippen molar-refractivity contribution in [3.63, 3.8) is 0 Å². The molecule has 0 amide bonds. The Hall–Kier alpha value is -2.14. The minimum absolute atomic E-state index is 0.00764. The number of carbonyl (C=O) groups is 1. The Morgan fingerprint density at radius 2 is 2.44 bits per heavy atom. The lowest BCUT2D eigenvalue weighted by atomic mass is 10.3. The summed E-state index contributed by atoms with van der Waals surface area (Å²) in [6.45, 7) is 1.67. The van der Waals surface area contributed by atoms with E-state index in [9.17, 15) is 14.9 Å². The van der Waals surface area contributed by atoms with Crippen molar-refractivity contribution in [3.8, 4) is 6.07 Å². The van der Waals surface area contributed by atoms with Gasteiger partial charge in [-0.2, -0.15) is 5.26 Å². The van der Waals surface area contributed by atoms with Gasteiger partial charge in [0.1, 0.15) is 11.3 Å². The van der Waals surface area contributed by atoms with Gasteiger partial charge in [0.05, 0.1) is 10.5 Å². The lowest BCUT2D eigenvalue weighted by molar-refractivity contribution is -0.388. The molecule has 0 fully saturated rings. The summed E-state index contributed by atoms with van der Waals surface area (Å²) in [5.41, 5.74) is -0.284. The molecule has 0 aromatic carbocycles. The first-order chi connectivity index (χ1) is 8.49. The molecule has 7 nitrogen and oxygen atoms in total. The number of nitrogens with zero attached hydrogens (tertiary/aromatic N) is 3. The third kappa shape index (κ3) is 3.18. The Balaban J connectivity index is 3.13. The van der Waals surface area contributed by atoms with Gasteiger partial charge in [-0.1, -0.05) is 18.7 Å². The minimum Gasteiger partial charge on any atom is -0.480 e. The summed E-state index contributed by atoms with van der Waals surface area (Å²) < 4.78 is 0. The van der Waals surface area contributed by atoms with Crippen LogP contribution in [0.25, 0.3) is 0 Å². The van der Waals surface area contributed by atoms with Crippen LogP contribution in [0, 0.1) is 21.4 Å². The zero-order chi connectivity index (χ0) is 13.7. The highest BCUT2D eigenvalue weighted by Gasteiger charge is 2.24. The number of nitro groups is 1. The summed E-state index contributed by atoms with van der Waals surface area (Å²) in [5, 5.41) is 27.6. The Morgan fingerprint density at radius 3 is 2.89 bits per heavy atom. The van der Waals surface area contributed by atoms with Gasteiger partial charge in [0.2, 0.25) is 0 Å². The van der Waals surface area contributed by atoms with Gasteiger partial charge in [0.25, 0.3) is 0 Å². The first-order valence-electron chi connectivity index (χ1n) is 4.93. The maximum Gasteiger partial charge on any atom is 0.317 e. The first-order valence-corrected chi connectivity index (χ1v) is 5.81. The molecule has 0 saturated carbocycles. The molecular weight excluding hydrogens is 258 g/mol. The van der Waals surface area contributed by atoms with Crippen LogP contribution in [0.2, 0.25) is 0 Å². The third-order valence-corrected chi connectivity index (χ3v) is 3.42. The second kappa shape index (κ2) is 5.97. The van der Waals surface area contributed by atoms with Crippen LogP contribution in [0.5, 0.6) is 0 Å². The molecule has 1 aromatic heterocycles. The predicted octanol–water partition coefficient (Wildman–Crippen LogP) is 1.82. The van der Waals surface area contributed by atoms with Crippen LogP contribution in [0.4, 0.5) is 5.69 Å². The molecule has 1 rings (SSSR count). The summed E-state index contributed by atoms with van der Waals surface area (Å²) >= 11 is 0.809. The molecule has 8 heteroatoms. The Kier molecular flexibility index (Phi) is 4.62. The second-order valence-electron chi connectivity index (χ2n) is 3.27. The lowest BCUT2D eigenvalue weighted by Crippen LogP contribution is -2.15. The summed E-state index contributed by atoms with van der Waals surface area (Å²) in [6, 6.07) is 2.83. The average molecular weight is 267 g/mol. The number of nitriles is 1. The average Bonchev–Trinajstić information content (AvgIpc) is 2.35. The number of hydrogen-bond acceptors (Lipinski definition) is 6. The van der Waals surface area contributed by atoms with Crippen molar-refractivity contribution in [3.05, 3.63) is 27.9 Å². The van der Waals surface area contributed by atoms with E-state index in [2.05, 4.69) is 4.98 Å². The Bertz CT molecular complexity index is 526. The van der Waals surface area contributed by atoms with Crippen molar-refractivity contribution >= 4 is 23.4 Å². The monoisotopic (exact) mass is 267 g/mol. The minimum atomic E-state index is -1.05. The second-order valence-corrected chi connectivity index (χ2v) is 4.46. The van der Waals surface area contributed by atoms with E-state index in [1.54, 1.807) is 13.0 Å². The van der Waals surface area contributed by atoms with Crippen molar-refractivity contribution in [2.75, 3.05) is 0 Å². The number of carboxylic acids is 1. The molecule has 0 spiro atoms. The summed E-state index contributed by atoms with van der Waals surface area (Å²) in [4.78, 5) is 24.8. The van der Waals surface area contributed by atoms with Crippen molar-refractivity contribution in [1.29, 1.82) is 5.26 Å². The van der Waals surface area contributed by atoms with E-state index in [-0.39, 0.29) is 16.3 Å². The number of pyridine rings is 1. The van der Waals surface area contributed by atoms with E-state index in [4.69, 9.17) is 10.4 Å². The van der Waals surface area contributed by atoms with Crippen LogP contribution < -0.4 is 0 Å². The van der Waals surface area contributed by atoms with Gasteiger partial charge in [-0.3, -0.25) is 14.9 Å². The molecule has 0 aliphatic heterocycles. The molecule has 1 heterocycles. The van der Waals surface area contributed by atoms with E-state index in [0.717, 1.165) is 17.8 Å². The van der Waals surface area contributed by atoms with Crippen LogP contribution >= 0.6 is 11.8 Å². The SMILES string of the molecule is CCC(Sc1ncc(C#N)cc1[N+](=O)[O-])C(=O)O. The van der Waals surface area contributed by atoms with Crippen molar-refractivity contribution < 1.29 is 14.8 Å². The highest BCUT2D eigenvalue weighted by atomic mass is 32.2. The van der Waals surface area contributed by atoms with Gasteiger partial charge < -0.3 is 5.11 Å². The summed E-state index contributed by atoms with van der Waals surface area (Å²) in [5.74, 6) is -1.05. The molecule has 0 saturated heterocycles. The first kappa shape index (κ1) is 13.9. The zero-order valence-corrected chi connectivity index (χ0v) is 10.2. The zero-order valence-electron chi connectivity index (χ0n) is 9.36. The highest BCUT2D eigenvalue weighted by molar-refractivity contribution is 8.00. The number of thioether (sulfide) groups is 1. The van der Waals surface area contributed by atoms with E-state index >= 15 is 0 Å². The van der Waals surface area contributed by atoms with E-state index in [1.807, 2.05) is 0 Å². The van der Waals surface area contributed by atoms with Gasteiger partial charge in [0.15, 0.2) is 5.03 Å². The van der Waals surface area contributed by atoms with Gasteiger partial charge in [-0.25, -0.2) is 4.98 Å². The van der Waals surface area contributed by atoms with E-state index in [0.29, 0.717) is 6.42 Å². The smallest absolute Gasteiger partial charge is 0.317 e. The Labute approximate surface area is 107 Å². The number of rotatable bonds is 5. The van der Waals surface area contributed by atoms with Crippen molar-refractivity contribution in [2.45, 2.75) is 23.6 Å². The number of carboxylic acid groups (broad SMARTS) is 1. The third-order valence-electron chi connectivity index (χ3n) is 2.06. The van der Waals surface area contributed by atoms with Crippen molar-refractivity contribution in [2.24, 2.45) is 0 Å². The largest absolute Gasteiger partial charge is 0.480 e. The molecule has 0 radical (unpaired) electrons. The predicted molar refractivity (Wildman–Crippen MR) is 63.2 cm³/mol. The van der Waals surface area contributed by atoms with Crippen LogP contribution in [-0.4, -0.2) is 26.2 Å². The van der Waals surface area contributed by atoms with E-state index < -0.39 is 16.1 Å². The summed E-state index contributed by atoms with van der Waals surface area (Å²) in [6.07, 6.45) is 1.50. The number of hydrogen-bond donors (Lipinski definition) is 1. The maximum absolute atomic E-state index is 10.9. The molecule has 94 valence electrons. The molecule has 0 bridgehead atoms. The molecule has 18 heavy (non-hydrogen) atoms. The molecule has 1 unspecified atom stereocenters. The van der Waals surface area contributed by atoms with Crippen LogP contribution in [0.15, 0.2) is 17.3 Å². The van der Waals surface area contributed by atoms with Crippen LogP contribution in [-0.2, 0) is 4.79 Å². The van der Waals surface area contributed by atoms with Gasteiger partial charge in [0, 0.05) is 12.3 Å². The lowest BCUT2D eigenvalue weighted by Gasteiger charge is -2.08. The maximum atomic E-state index is 10.9. The van der Waals surface area contributed by atoms with Gasteiger partial charge in [-0.05, 0) is 6.42 Å². The molecule has 1 N–H and O–H groups in total. The topological polar surface area (TPSA) is 117 Å². The number of aliphatic carboxylic acids is 1. The Morgan fingerprint density at radius 1 is 1.78 bits per heavy atom. The fourth-order valence-electron chi connectivity index (χ4n) is 1.17. The molecule has 0 aliphatic rings. The quantitative estimate of drug-likeness (QED) is 0.491. The normalized spacial score (nSPS) is 11.6. The molecule has 1 aromatic rings. The summed E-state index contributed by atoms with van der Waals surface area (Å²) in [7, 11) is 0.